The lowest BCUT2D eigenvalue weighted by molar-refractivity contribution is -0.133. The quantitative estimate of drug-likeness (QED) is 0.567. The van der Waals surface area contributed by atoms with Crippen LogP contribution in [0.15, 0.2) is 47.5 Å². The fraction of sp³-hybridized carbons (Fsp3) is 0.483. The Bertz CT molecular complexity index is 1310. The second kappa shape index (κ2) is 9.31. The zero-order chi connectivity index (χ0) is 27.4. The van der Waals surface area contributed by atoms with Gasteiger partial charge in [-0.3, -0.25) is 14.5 Å². The summed E-state index contributed by atoms with van der Waals surface area (Å²) in [5.74, 6) is 1.11. The standard InChI is InChI=1S/C29H36N4O5/c1-16(2)29(5)14-24(35)33(27(30)32-29)20-13-28(3,4)38-23-11-10-17(12-19(20)23)26(36)31-25-18-8-6-7-9-22(18)37-15-21(25)34/h6-12,16,20-21,25,34H,13-15H2,1-5H3,(H2,30,32)(H,31,36)/t20-,21-,25-,29+/m1/s1. The van der Waals surface area contributed by atoms with Crippen LogP contribution in [0.3, 0.4) is 0 Å². The lowest BCUT2D eigenvalue weighted by Gasteiger charge is -2.45. The first-order valence-corrected chi connectivity index (χ1v) is 13.1. The van der Waals surface area contributed by atoms with Gasteiger partial charge in [0.15, 0.2) is 5.96 Å². The van der Waals surface area contributed by atoms with E-state index in [0.29, 0.717) is 29.0 Å². The summed E-state index contributed by atoms with van der Waals surface area (Å²) in [6, 6.07) is 11.5. The van der Waals surface area contributed by atoms with Gasteiger partial charge >= 0.3 is 0 Å². The number of nitrogens with zero attached hydrogens (tertiary/aromatic N) is 2. The number of benzene rings is 2. The van der Waals surface area contributed by atoms with Crippen molar-refractivity contribution in [1.82, 2.24) is 10.2 Å². The van der Waals surface area contributed by atoms with Gasteiger partial charge in [0.25, 0.3) is 5.91 Å². The molecule has 0 saturated heterocycles. The number of fused-ring (bicyclic) bond motifs is 2. The van der Waals surface area contributed by atoms with Gasteiger partial charge < -0.3 is 25.6 Å². The number of guanidine groups is 1. The second-order valence-corrected chi connectivity index (χ2v) is 11.6. The third-order valence-corrected chi connectivity index (χ3v) is 7.99. The fourth-order valence-electron chi connectivity index (χ4n) is 5.48. The summed E-state index contributed by atoms with van der Waals surface area (Å²) in [6.45, 7) is 10.0. The molecule has 0 saturated carbocycles. The number of carbonyl (C=O) groups excluding carboxylic acids is 2. The minimum Gasteiger partial charge on any atom is -0.490 e. The minimum absolute atomic E-state index is 0.0854. The van der Waals surface area contributed by atoms with E-state index in [0.717, 1.165) is 5.56 Å². The van der Waals surface area contributed by atoms with E-state index in [9.17, 15) is 14.7 Å². The van der Waals surface area contributed by atoms with Gasteiger partial charge in [0.1, 0.15) is 29.8 Å². The number of rotatable bonds is 4. The van der Waals surface area contributed by atoms with Crippen molar-refractivity contribution in [3.8, 4) is 11.5 Å². The molecule has 0 radical (unpaired) electrons. The first kappa shape index (κ1) is 26.0. The summed E-state index contributed by atoms with van der Waals surface area (Å²) < 4.78 is 11.8. The topological polar surface area (TPSA) is 126 Å². The van der Waals surface area contributed by atoms with Crippen molar-refractivity contribution in [2.24, 2.45) is 16.6 Å². The number of aliphatic imine (C=N–C) groups is 1. The first-order chi connectivity index (χ1) is 17.9. The van der Waals surface area contributed by atoms with Crippen LogP contribution in [-0.2, 0) is 4.79 Å². The summed E-state index contributed by atoms with van der Waals surface area (Å²) in [7, 11) is 0. The van der Waals surface area contributed by atoms with Crippen LogP contribution in [0, 0.1) is 5.92 Å². The molecule has 0 aromatic heterocycles. The number of hydrogen-bond donors (Lipinski definition) is 3. The monoisotopic (exact) mass is 520 g/mol. The number of carbonyl (C=O) groups is 2. The molecule has 3 aliphatic heterocycles. The van der Waals surface area contributed by atoms with Gasteiger partial charge in [-0.2, -0.15) is 0 Å². The van der Waals surface area contributed by atoms with Gasteiger partial charge in [-0.25, -0.2) is 4.99 Å². The van der Waals surface area contributed by atoms with Crippen molar-refractivity contribution in [1.29, 1.82) is 0 Å². The maximum absolute atomic E-state index is 13.5. The van der Waals surface area contributed by atoms with E-state index in [1.807, 2.05) is 58.9 Å². The first-order valence-electron chi connectivity index (χ1n) is 13.1. The lowest BCUT2D eigenvalue weighted by Crippen LogP contribution is -2.55. The molecule has 5 rings (SSSR count). The van der Waals surface area contributed by atoms with Crippen LogP contribution in [0.25, 0.3) is 0 Å². The van der Waals surface area contributed by atoms with Crippen LogP contribution in [0.2, 0.25) is 0 Å². The molecular formula is C29H36N4O5. The van der Waals surface area contributed by atoms with E-state index < -0.39 is 29.3 Å². The molecule has 2 amide bonds. The third kappa shape index (κ3) is 4.60. The average molecular weight is 521 g/mol. The SMILES string of the molecule is CC(C)[C@]1(C)CC(=O)N([C@@H]2CC(C)(C)Oc3ccc(C(=O)N[C@@H]4c5ccccc5OC[C@H]4O)cc32)C(N)=N1. The summed E-state index contributed by atoms with van der Waals surface area (Å²) in [6.07, 6.45) is -0.155. The molecule has 202 valence electrons. The number of aliphatic hydroxyl groups excluding tert-OH is 1. The Balaban J connectivity index is 1.48. The van der Waals surface area contributed by atoms with Crippen LogP contribution < -0.4 is 20.5 Å². The van der Waals surface area contributed by atoms with E-state index in [-0.39, 0.29) is 36.7 Å². The van der Waals surface area contributed by atoms with E-state index in [1.165, 1.54) is 0 Å². The Morgan fingerprint density at radius 2 is 1.89 bits per heavy atom. The number of hydrogen-bond acceptors (Lipinski definition) is 7. The number of amides is 2. The van der Waals surface area contributed by atoms with Gasteiger partial charge in [-0.15, -0.1) is 0 Å². The number of aliphatic hydroxyl groups is 1. The molecule has 0 fully saturated rings. The van der Waals surface area contributed by atoms with Crippen molar-refractivity contribution < 1.29 is 24.2 Å². The van der Waals surface area contributed by atoms with Crippen LogP contribution in [-0.4, -0.2) is 51.6 Å². The summed E-state index contributed by atoms with van der Waals surface area (Å²) in [5.41, 5.74) is 7.12. The molecule has 2 aromatic rings. The number of nitrogens with two attached hydrogens (primary N) is 1. The predicted molar refractivity (Wildman–Crippen MR) is 143 cm³/mol. The van der Waals surface area contributed by atoms with Gasteiger partial charge in [0.2, 0.25) is 5.91 Å². The zero-order valence-electron chi connectivity index (χ0n) is 22.5. The predicted octanol–water partition coefficient (Wildman–Crippen LogP) is 3.47. The highest BCUT2D eigenvalue weighted by molar-refractivity contribution is 6.00. The van der Waals surface area contributed by atoms with Crippen molar-refractivity contribution in [2.45, 2.75) is 76.8 Å². The van der Waals surface area contributed by atoms with Crippen LogP contribution in [0.5, 0.6) is 11.5 Å². The molecule has 0 bridgehead atoms. The number of nitrogens with one attached hydrogen (secondary N) is 1. The third-order valence-electron chi connectivity index (χ3n) is 7.99. The minimum atomic E-state index is -0.888. The van der Waals surface area contributed by atoms with Crippen LogP contribution >= 0.6 is 0 Å². The Morgan fingerprint density at radius 1 is 1.16 bits per heavy atom. The van der Waals surface area contributed by atoms with Crippen molar-refractivity contribution in [3.63, 3.8) is 0 Å². The Hall–Kier alpha value is -3.59. The lowest BCUT2D eigenvalue weighted by atomic mass is 9.82. The second-order valence-electron chi connectivity index (χ2n) is 11.6. The number of ether oxygens (including phenoxy) is 2. The molecule has 0 unspecified atom stereocenters. The molecule has 2 aromatic carbocycles. The Labute approximate surface area is 223 Å². The highest BCUT2D eigenvalue weighted by Gasteiger charge is 2.45. The molecule has 3 heterocycles. The largest absolute Gasteiger partial charge is 0.490 e. The smallest absolute Gasteiger partial charge is 0.251 e. The maximum Gasteiger partial charge on any atom is 0.251 e. The Morgan fingerprint density at radius 3 is 2.61 bits per heavy atom. The molecule has 3 aliphatic rings. The molecule has 9 nitrogen and oxygen atoms in total. The molecular weight excluding hydrogens is 484 g/mol. The van der Waals surface area contributed by atoms with Crippen LogP contribution in [0.1, 0.15) is 81.0 Å². The molecule has 9 heteroatoms. The fourth-order valence-corrected chi connectivity index (χ4v) is 5.48. The molecule has 38 heavy (non-hydrogen) atoms. The van der Waals surface area contributed by atoms with Crippen molar-refractivity contribution in [2.75, 3.05) is 6.61 Å². The van der Waals surface area contributed by atoms with Gasteiger partial charge in [-0.1, -0.05) is 32.0 Å². The van der Waals surface area contributed by atoms with Crippen LogP contribution in [0.4, 0.5) is 0 Å². The molecule has 0 aliphatic carbocycles. The number of para-hydroxylation sites is 1. The van der Waals surface area contributed by atoms with E-state index in [2.05, 4.69) is 5.32 Å². The molecule has 4 N–H and O–H groups in total. The summed E-state index contributed by atoms with van der Waals surface area (Å²) in [5, 5.41) is 13.5. The van der Waals surface area contributed by atoms with Crippen molar-refractivity contribution >= 4 is 17.8 Å². The van der Waals surface area contributed by atoms with Crippen molar-refractivity contribution in [3.05, 3.63) is 59.2 Å². The summed E-state index contributed by atoms with van der Waals surface area (Å²) in [4.78, 5) is 33.2. The summed E-state index contributed by atoms with van der Waals surface area (Å²) >= 11 is 0. The average Bonchev–Trinajstić information content (AvgIpc) is 2.84. The van der Waals surface area contributed by atoms with Gasteiger partial charge in [-0.05, 0) is 51.0 Å². The zero-order valence-corrected chi connectivity index (χ0v) is 22.5. The Kier molecular flexibility index (Phi) is 6.38. The van der Waals surface area contributed by atoms with Gasteiger partial charge in [0, 0.05) is 23.1 Å². The highest BCUT2D eigenvalue weighted by atomic mass is 16.5. The van der Waals surface area contributed by atoms with E-state index in [4.69, 9.17) is 20.2 Å². The molecule has 4 atom stereocenters. The van der Waals surface area contributed by atoms with E-state index >= 15 is 0 Å². The van der Waals surface area contributed by atoms with E-state index in [1.54, 1.807) is 23.1 Å². The highest BCUT2D eigenvalue weighted by Crippen LogP contribution is 2.45. The molecule has 0 spiro atoms. The normalized spacial score (nSPS) is 28.0. The maximum atomic E-state index is 13.5. The van der Waals surface area contributed by atoms with Gasteiger partial charge in [0.05, 0.1) is 24.0 Å².